The SMILES string of the molecule is O=[N+]([O-])c1cc(C=C(F)F)ccc1F. The summed E-state index contributed by atoms with van der Waals surface area (Å²) in [6.07, 6.45) is -1.57. The monoisotopic (exact) mass is 203 g/mol. The van der Waals surface area contributed by atoms with Gasteiger partial charge in [0.05, 0.1) is 4.92 Å². The smallest absolute Gasteiger partial charge is 0.258 e. The molecular weight excluding hydrogens is 199 g/mol. The fourth-order valence-electron chi connectivity index (χ4n) is 0.885. The third-order valence-corrected chi connectivity index (χ3v) is 1.44. The summed E-state index contributed by atoms with van der Waals surface area (Å²) in [5.74, 6) is -1.05. The molecule has 1 aromatic rings. The van der Waals surface area contributed by atoms with E-state index in [9.17, 15) is 23.3 Å². The summed E-state index contributed by atoms with van der Waals surface area (Å²) in [6, 6.07) is 2.54. The highest BCUT2D eigenvalue weighted by atomic mass is 19.3. The van der Waals surface area contributed by atoms with Crippen molar-refractivity contribution in [2.75, 3.05) is 0 Å². The van der Waals surface area contributed by atoms with Crippen molar-refractivity contribution in [3.05, 3.63) is 45.8 Å². The van der Waals surface area contributed by atoms with E-state index in [1.165, 1.54) is 0 Å². The second-order valence-corrected chi connectivity index (χ2v) is 2.40. The number of nitrogens with zero attached hydrogens (tertiary/aromatic N) is 1. The molecule has 0 bridgehead atoms. The Morgan fingerprint density at radius 2 is 2.07 bits per heavy atom. The summed E-state index contributed by atoms with van der Waals surface area (Å²) in [5.41, 5.74) is -0.932. The van der Waals surface area contributed by atoms with E-state index in [2.05, 4.69) is 0 Å². The Labute approximate surface area is 76.6 Å². The number of hydrogen-bond donors (Lipinski definition) is 0. The summed E-state index contributed by atoms with van der Waals surface area (Å²) in [6.45, 7) is 0. The molecule has 0 aliphatic carbocycles. The fraction of sp³-hybridized carbons (Fsp3) is 0. The van der Waals surface area contributed by atoms with Crippen LogP contribution in [0.15, 0.2) is 24.3 Å². The molecule has 0 saturated carbocycles. The largest absolute Gasteiger partial charge is 0.305 e. The van der Waals surface area contributed by atoms with Crippen molar-refractivity contribution < 1.29 is 18.1 Å². The van der Waals surface area contributed by atoms with E-state index in [0.29, 0.717) is 6.08 Å². The van der Waals surface area contributed by atoms with Gasteiger partial charge < -0.3 is 0 Å². The molecule has 0 heterocycles. The van der Waals surface area contributed by atoms with Crippen LogP contribution in [0.25, 0.3) is 6.08 Å². The quantitative estimate of drug-likeness (QED) is 0.547. The molecule has 0 amide bonds. The van der Waals surface area contributed by atoms with E-state index < -0.39 is 22.5 Å². The van der Waals surface area contributed by atoms with Crippen LogP contribution in [-0.4, -0.2) is 4.92 Å². The first-order chi connectivity index (χ1) is 6.50. The molecule has 1 rings (SSSR count). The molecule has 0 saturated heterocycles. The zero-order valence-electron chi connectivity index (χ0n) is 6.71. The maximum absolute atomic E-state index is 12.7. The van der Waals surface area contributed by atoms with Crippen molar-refractivity contribution in [1.82, 2.24) is 0 Å². The standard InChI is InChI=1S/C8H4F3NO2/c9-6-2-1-5(4-8(10)11)3-7(6)12(13)14/h1-4H. The number of benzene rings is 1. The van der Waals surface area contributed by atoms with Crippen LogP contribution in [-0.2, 0) is 0 Å². The Morgan fingerprint density at radius 1 is 1.43 bits per heavy atom. The number of hydrogen-bond acceptors (Lipinski definition) is 2. The van der Waals surface area contributed by atoms with E-state index >= 15 is 0 Å². The highest BCUT2D eigenvalue weighted by Crippen LogP contribution is 2.20. The lowest BCUT2D eigenvalue weighted by atomic mass is 10.2. The van der Waals surface area contributed by atoms with E-state index in [1.807, 2.05) is 0 Å². The van der Waals surface area contributed by atoms with Gasteiger partial charge in [0, 0.05) is 12.1 Å². The average molecular weight is 203 g/mol. The van der Waals surface area contributed by atoms with Crippen molar-refractivity contribution in [3.8, 4) is 0 Å². The average Bonchev–Trinajstić information content (AvgIpc) is 2.07. The Kier molecular flexibility index (Phi) is 2.85. The Balaban J connectivity index is 3.20. The van der Waals surface area contributed by atoms with Gasteiger partial charge in [-0.3, -0.25) is 10.1 Å². The van der Waals surface area contributed by atoms with Crippen LogP contribution in [0.5, 0.6) is 0 Å². The van der Waals surface area contributed by atoms with Gasteiger partial charge in [-0.15, -0.1) is 0 Å². The molecule has 3 nitrogen and oxygen atoms in total. The highest BCUT2D eigenvalue weighted by molar-refractivity contribution is 5.54. The molecule has 0 aliphatic heterocycles. The second kappa shape index (κ2) is 3.91. The van der Waals surface area contributed by atoms with Crippen LogP contribution in [0.1, 0.15) is 5.56 Å². The van der Waals surface area contributed by atoms with Gasteiger partial charge in [0.2, 0.25) is 5.82 Å². The third kappa shape index (κ3) is 2.32. The van der Waals surface area contributed by atoms with Gasteiger partial charge in [-0.2, -0.15) is 13.2 Å². The Hall–Kier alpha value is -1.85. The predicted octanol–water partition coefficient (Wildman–Crippen LogP) is 2.97. The molecule has 74 valence electrons. The van der Waals surface area contributed by atoms with Crippen LogP contribution in [0.4, 0.5) is 18.9 Å². The molecule has 14 heavy (non-hydrogen) atoms. The number of halogens is 3. The van der Waals surface area contributed by atoms with E-state index in [1.54, 1.807) is 0 Å². The van der Waals surface area contributed by atoms with Crippen LogP contribution < -0.4 is 0 Å². The van der Waals surface area contributed by atoms with Gasteiger partial charge in [0.15, 0.2) is 0 Å². The van der Waals surface area contributed by atoms with Crippen molar-refractivity contribution in [3.63, 3.8) is 0 Å². The Bertz CT molecular complexity index is 400. The number of rotatable bonds is 2. The van der Waals surface area contributed by atoms with Crippen LogP contribution >= 0.6 is 0 Å². The minimum Gasteiger partial charge on any atom is -0.258 e. The molecule has 0 aromatic heterocycles. The first-order valence-corrected chi connectivity index (χ1v) is 3.47. The molecule has 0 radical (unpaired) electrons. The van der Waals surface area contributed by atoms with Gasteiger partial charge >= 0.3 is 5.69 Å². The van der Waals surface area contributed by atoms with Gasteiger partial charge in [-0.05, 0) is 11.6 Å². The summed E-state index contributed by atoms with van der Waals surface area (Å²) >= 11 is 0. The van der Waals surface area contributed by atoms with Gasteiger partial charge in [0.25, 0.3) is 6.08 Å². The van der Waals surface area contributed by atoms with E-state index in [4.69, 9.17) is 0 Å². The van der Waals surface area contributed by atoms with Gasteiger partial charge in [-0.25, -0.2) is 0 Å². The van der Waals surface area contributed by atoms with Crippen molar-refractivity contribution in [2.45, 2.75) is 0 Å². The molecule has 0 fully saturated rings. The molecule has 6 heteroatoms. The van der Waals surface area contributed by atoms with Crippen molar-refractivity contribution in [1.29, 1.82) is 0 Å². The van der Waals surface area contributed by atoms with Crippen LogP contribution in [0, 0.1) is 15.9 Å². The fourth-order valence-corrected chi connectivity index (χ4v) is 0.885. The molecule has 0 unspecified atom stereocenters. The molecule has 0 spiro atoms. The van der Waals surface area contributed by atoms with Gasteiger partial charge in [0.1, 0.15) is 0 Å². The predicted molar refractivity (Wildman–Crippen MR) is 43.2 cm³/mol. The number of nitro benzene ring substituents is 1. The van der Waals surface area contributed by atoms with Crippen LogP contribution in [0.2, 0.25) is 0 Å². The lowest BCUT2D eigenvalue weighted by Crippen LogP contribution is -1.92. The topological polar surface area (TPSA) is 43.1 Å². The third-order valence-electron chi connectivity index (χ3n) is 1.44. The van der Waals surface area contributed by atoms with E-state index in [-0.39, 0.29) is 5.56 Å². The molecular formula is C8H4F3NO2. The normalized spacial score (nSPS) is 9.64. The Morgan fingerprint density at radius 3 is 2.57 bits per heavy atom. The lowest BCUT2D eigenvalue weighted by molar-refractivity contribution is -0.387. The zero-order chi connectivity index (χ0) is 10.7. The minimum absolute atomic E-state index is 0.113. The maximum Gasteiger partial charge on any atom is 0.305 e. The maximum atomic E-state index is 12.7. The van der Waals surface area contributed by atoms with Crippen molar-refractivity contribution >= 4 is 11.8 Å². The zero-order valence-corrected chi connectivity index (χ0v) is 6.71. The first-order valence-electron chi connectivity index (χ1n) is 3.47. The molecule has 0 N–H and O–H groups in total. The number of nitro groups is 1. The van der Waals surface area contributed by atoms with Gasteiger partial charge in [-0.1, -0.05) is 6.07 Å². The summed E-state index contributed by atoms with van der Waals surface area (Å²) < 4.78 is 36.2. The summed E-state index contributed by atoms with van der Waals surface area (Å²) in [5, 5.41) is 10.2. The minimum atomic E-state index is -1.99. The lowest BCUT2D eigenvalue weighted by Gasteiger charge is -1.95. The first kappa shape index (κ1) is 10.2. The highest BCUT2D eigenvalue weighted by Gasteiger charge is 2.13. The molecule has 0 aliphatic rings. The molecule has 1 aromatic carbocycles. The van der Waals surface area contributed by atoms with Crippen molar-refractivity contribution in [2.24, 2.45) is 0 Å². The summed E-state index contributed by atoms with van der Waals surface area (Å²) in [4.78, 5) is 9.25. The summed E-state index contributed by atoms with van der Waals surface area (Å²) in [7, 11) is 0. The van der Waals surface area contributed by atoms with E-state index in [0.717, 1.165) is 18.2 Å². The molecule has 0 atom stereocenters. The second-order valence-electron chi connectivity index (χ2n) is 2.40. The van der Waals surface area contributed by atoms with Crippen LogP contribution in [0.3, 0.4) is 0 Å².